The molecule has 0 saturated heterocycles. The summed E-state index contributed by atoms with van der Waals surface area (Å²) in [6.45, 7) is 1.75. The van der Waals surface area contributed by atoms with Crippen LogP contribution in [0.5, 0.6) is 11.5 Å². The Morgan fingerprint density at radius 2 is 1.81 bits per heavy atom. The molecular weight excluding hydrogens is 500 g/mol. The van der Waals surface area contributed by atoms with Crippen molar-refractivity contribution in [1.82, 2.24) is 10.3 Å². The van der Waals surface area contributed by atoms with Gasteiger partial charge in [0.2, 0.25) is 0 Å². The van der Waals surface area contributed by atoms with E-state index < -0.39 is 28.6 Å². The van der Waals surface area contributed by atoms with Crippen molar-refractivity contribution in [2.24, 2.45) is 0 Å². The zero-order chi connectivity index (χ0) is 26.7. The summed E-state index contributed by atoms with van der Waals surface area (Å²) in [5.41, 5.74) is 2.07. The van der Waals surface area contributed by atoms with Crippen molar-refractivity contribution < 1.29 is 32.9 Å². The SMILES string of the molecule is Cc1cc(NS(=O)(=O)c2cccc(OCC(=O)NCC(O)CO)c2)cc(OCCNc2ccncc2)c1. The maximum atomic E-state index is 13.0. The molecule has 0 aliphatic rings. The Hall–Kier alpha value is -3.87. The van der Waals surface area contributed by atoms with Crippen LogP contribution in [0.25, 0.3) is 0 Å². The van der Waals surface area contributed by atoms with E-state index in [4.69, 9.17) is 14.6 Å². The second-order valence-corrected chi connectivity index (χ2v) is 9.74. The first-order valence-corrected chi connectivity index (χ1v) is 12.9. The minimum Gasteiger partial charge on any atom is -0.492 e. The molecule has 0 bridgehead atoms. The number of aliphatic hydroxyl groups excluding tert-OH is 2. The molecule has 198 valence electrons. The van der Waals surface area contributed by atoms with Gasteiger partial charge in [0.15, 0.2) is 6.61 Å². The monoisotopic (exact) mass is 530 g/mol. The molecule has 37 heavy (non-hydrogen) atoms. The first kappa shape index (κ1) is 27.7. The number of benzene rings is 2. The lowest BCUT2D eigenvalue weighted by atomic mass is 10.2. The smallest absolute Gasteiger partial charge is 0.262 e. The minimum atomic E-state index is -3.96. The maximum Gasteiger partial charge on any atom is 0.262 e. The summed E-state index contributed by atoms with van der Waals surface area (Å²) in [6, 6.07) is 14.5. The van der Waals surface area contributed by atoms with Crippen LogP contribution in [-0.4, -0.2) is 68.5 Å². The van der Waals surface area contributed by atoms with E-state index in [1.165, 1.54) is 24.3 Å². The third kappa shape index (κ3) is 9.26. The predicted octanol–water partition coefficient (Wildman–Crippen LogP) is 1.53. The minimum absolute atomic E-state index is 0.0494. The van der Waals surface area contributed by atoms with Gasteiger partial charge in [0.05, 0.1) is 23.3 Å². The number of carbonyl (C=O) groups is 1. The van der Waals surface area contributed by atoms with Gasteiger partial charge >= 0.3 is 0 Å². The molecule has 0 spiro atoms. The van der Waals surface area contributed by atoms with E-state index in [0.29, 0.717) is 24.6 Å². The van der Waals surface area contributed by atoms with Gasteiger partial charge in [-0.3, -0.25) is 14.5 Å². The van der Waals surface area contributed by atoms with Crippen molar-refractivity contribution in [3.63, 3.8) is 0 Å². The lowest BCUT2D eigenvalue weighted by Crippen LogP contribution is -2.36. The Balaban J connectivity index is 1.57. The molecule has 3 aromatic rings. The van der Waals surface area contributed by atoms with E-state index in [2.05, 4.69) is 20.3 Å². The average Bonchev–Trinajstić information content (AvgIpc) is 2.88. The van der Waals surface area contributed by atoms with Gasteiger partial charge in [0.1, 0.15) is 18.1 Å². The molecule has 2 aromatic carbocycles. The number of aromatic nitrogens is 1. The van der Waals surface area contributed by atoms with E-state index in [-0.39, 0.29) is 23.8 Å². The second kappa shape index (κ2) is 13.4. The molecule has 1 unspecified atom stereocenters. The van der Waals surface area contributed by atoms with Crippen LogP contribution in [0.4, 0.5) is 11.4 Å². The number of ether oxygens (including phenoxy) is 2. The highest BCUT2D eigenvalue weighted by molar-refractivity contribution is 7.92. The number of rotatable bonds is 14. The molecule has 12 heteroatoms. The Morgan fingerprint density at radius 1 is 1.03 bits per heavy atom. The molecule has 1 heterocycles. The van der Waals surface area contributed by atoms with Crippen LogP contribution in [0, 0.1) is 6.92 Å². The zero-order valence-corrected chi connectivity index (χ0v) is 21.1. The average molecular weight is 531 g/mol. The first-order chi connectivity index (χ1) is 17.7. The van der Waals surface area contributed by atoms with E-state index in [1.807, 2.05) is 25.1 Å². The van der Waals surface area contributed by atoms with Gasteiger partial charge in [0, 0.05) is 43.3 Å². The highest BCUT2D eigenvalue weighted by atomic mass is 32.2. The van der Waals surface area contributed by atoms with Crippen molar-refractivity contribution in [1.29, 1.82) is 0 Å². The number of hydrogen-bond donors (Lipinski definition) is 5. The second-order valence-electron chi connectivity index (χ2n) is 8.06. The number of aliphatic hydroxyl groups is 2. The molecule has 3 rings (SSSR count). The summed E-state index contributed by atoms with van der Waals surface area (Å²) < 4.78 is 39.7. The summed E-state index contributed by atoms with van der Waals surface area (Å²) in [6.07, 6.45) is 2.31. The van der Waals surface area contributed by atoms with Gasteiger partial charge in [0.25, 0.3) is 15.9 Å². The normalized spacial score (nSPS) is 11.9. The van der Waals surface area contributed by atoms with Crippen LogP contribution < -0.4 is 24.8 Å². The topological polar surface area (TPSA) is 159 Å². The Bertz CT molecular complexity index is 1270. The molecular formula is C25H30N4O7S. The lowest BCUT2D eigenvalue weighted by Gasteiger charge is -2.13. The van der Waals surface area contributed by atoms with E-state index in [9.17, 15) is 18.3 Å². The van der Waals surface area contributed by atoms with Crippen LogP contribution in [0.2, 0.25) is 0 Å². The molecule has 0 saturated carbocycles. The molecule has 1 amide bonds. The molecule has 0 aliphatic heterocycles. The van der Waals surface area contributed by atoms with Crippen molar-refractivity contribution in [2.45, 2.75) is 17.9 Å². The standard InChI is InChI=1S/C25H30N4O7S/c1-18-11-20(13-23(12-18)35-10-9-27-19-5-7-26-8-6-19)29-37(33,34)24-4-2-3-22(14-24)36-17-25(32)28-15-21(31)16-30/h2-8,11-14,21,29-31H,9-10,15-17H2,1H3,(H,26,27)(H,28,32). The van der Waals surface area contributed by atoms with Gasteiger partial charge in [-0.2, -0.15) is 0 Å². The molecule has 1 atom stereocenters. The van der Waals surface area contributed by atoms with E-state index in [0.717, 1.165) is 11.3 Å². The van der Waals surface area contributed by atoms with E-state index in [1.54, 1.807) is 24.5 Å². The van der Waals surface area contributed by atoms with Gasteiger partial charge in [-0.05, 0) is 48.9 Å². The predicted molar refractivity (Wildman–Crippen MR) is 138 cm³/mol. The highest BCUT2D eigenvalue weighted by Gasteiger charge is 2.16. The number of sulfonamides is 1. The number of hydrogen-bond acceptors (Lipinski definition) is 9. The molecule has 1 aromatic heterocycles. The third-order valence-electron chi connectivity index (χ3n) is 4.91. The molecule has 0 aliphatic carbocycles. The Labute approximate surface area is 215 Å². The lowest BCUT2D eigenvalue weighted by molar-refractivity contribution is -0.123. The number of nitrogens with zero attached hydrogens (tertiary/aromatic N) is 1. The quantitative estimate of drug-likeness (QED) is 0.195. The Morgan fingerprint density at radius 3 is 2.57 bits per heavy atom. The van der Waals surface area contributed by atoms with Crippen molar-refractivity contribution >= 4 is 27.3 Å². The summed E-state index contributed by atoms with van der Waals surface area (Å²) >= 11 is 0. The van der Waals surface area contributed by atoms with Gasteiger partial charge in [-0.1, -0.05) is 6.07 Å². The van der Waals surface area contributed by atoms with Gasteiger partial charge < -0.3 is 30.3 Å². The molecule has 0 radical (unpaired) electrons. The van der Waals surface area contributed by atoms with Crippen LogP contribution in [0.1, 0.15) is 5.56 Å². The van der Waals surface area contributed by atoms with Gasteiger partial charge in [-0.15, -0.1) is 0 Å². The first-order valence-electron chi connectivity index (χ1n) is 11.4. The fraction of sp³-hybridized carbons (Fsp3) is 0.280. The molecule has 5 N–H and O–H groups in total. The largest absolute Gasteiger partial charge is 0.492 e. The number of pyridine rings is 1. The number of amides is 1. The molecule has 0 fully saturated rings. The summed E-state index contributed by atoms with van der Waals surface area (Å²) in [5, 5.41) is 23.7. The number of aryl methyl sites for hydroxylation is 1. The van der Waals surface area contributed by atoms with Crippen molar-refractivity contribution in [3.8, 4) is 11.5 Å². The third-order valence-corrected chi connectivity index (χ3v) is 6.29. The summed E-state index contributed by atoms with van der Waals surface area (Å²) in [4.78, 5) is 15.7. The maximum absolute atomic E-state index is 13.0. The Kier molecular flexibility index (Phi) is 10.1. The fourth-order valence-electron chi connectivity index (χ4n) is 3.17. The van der Waals surface area contributed by atoms with E-state index >= 15 is 0 Å². The number of nitrogens with one attached hydrogen (secondary N) is 3. The highest BCUT2D eigenvalue weighted by Crippen LogP contribution is 2.25. The van der Waals surface area contributed by atoms with Crippen molar-refractivity contribution in [3.05, 3.63) is 72.6 Å². The molecule has 11 nitrogen and oxygen atoms in total. The van der Waals surface area contributed by atoms with Crippen LogP contribution in [-0.2, 0) is 14.8 Å². The van der Waals surface area contributed by atoms with Crippen molar-refractivity contribution in [2.75, 3.05) is 42.9 Å². The number of anilines is 2. The van der Waals surface area contributed by atoms with Crippen LogP contribution in [0.15, 0.2) is 71.9 Å². The summed E-state index contributed by atoms with van der Waals surface area (Å²) in [5.74, 6) is 0.168. The zero-order valence-electron chi connectivity index (χ0n) is 20.3. The fourth-order valence-corrected chi connectivity index (χ4v) is 4.24. The van der Waals surface area contributed by atoms with Gasteiger partial charge in [-0.25, -0.2) is 8.42 Å². The summed E-state index contributed by atoms with van der Waals surface area (Å²) in [7, 11) is -3.96. The van der Waals surface area contributed by atoms with Crippen LogP contribution >= 0.6 is 0 Å². The van der Waals surface area contributed by atoms with Crippen LogP contribution in [0.3, 0.4) is 0 Å². The number of carbonyl (C=O) groups excluding carboxylic acids is 1.